The molecule has 2 heterocycles. The summed E-state index contributed by atoms with van der Waals surface area (Å²) < 4.78 is 20.6. The van der Waals surface area contributed by atoms with Crippen LogP contribution in [0, 0.1) is 5.82 Å². The van der Waals surface area contributed by atoms with E-state index in [1.807, 2.05) is 24.3 Å². The van der Waals surface area contributed by atoms with Crippen LogP contribution in [-0.4, -0.2) is 37.5 Å². The molecule has 0 amide bonds. The quantitative estimate of drug-likeness (QED) is 0.311. The van der Waals surface area contributed by atoms with Gasteiger partial charge in [0.05, 0.1) is 21.6 Å². The third-order valence-corrected chi connectivity index (χ3v) is 7.41. The van der Waals surface area contributed by atoms with Crippen LogP contribution in [0.25, 0.3) is 0 Å². The van der Waals surface area contributed by atoms with Crippen LogP contribution >= 0.6 is 31.9 Å². The molecule has 8 heteroatoms. The maximum atomic E-state index is 13.6. The van der Waals surface area contributed by atoms with E-state index in [1.165, 1.54) is 12.1 Å². The highest BCUT2D eigenvalue weighted by atomic mass is 79.9. The van der Waals surface area contributed by atoms with Gasteiger partial charge in [0.2, 0.25) is 0 Å². The minimum absolute atomic E-state index is 0.0134. The number of nitrogens with one attached hydrogen (secondary N) is 1. The van der Waals surface area contributed by atoms with Gasteiger partial charge >= 0.3 is 0 Å². The van der Waals surface area contributed by atoms with E-state index >= 15 is 0 Å². The fourth-order valence-electron chi connectivity index (χ4n) is 3.60. The molecular formula is C22H28Br2FN3OSi. The first-order valence-electron chi connectivity index (χ1n) is 10.0. The van der Waals surface area contributed by atoms with Crippen LogP contribution in [0.5, 0.6) is 0 Å². The summed E-state index contributed by atoms with van der Waals surface area (Å²) in [4.78, 5) is 6.44. The Morgan fingerprint density at radius 3 is 2.40 bits per heavy atom. The topological polar surface area (TPSA) is 37.4 Å². The van der Waals surface area contributed by atoms with Crippen LogP contribution in [-0.2, 0) is 4.74 Å². The van der Waals surface area contributed by atoms with E-state index in [9.17, 15) is 4.39 Å². The van der Waals surface area contributed by atoms with Crippen molar-refractivity contribution < 1.29 is 9.13 Å². The molecule has 1 aliphatic rings. The fraction of sp³-hybridized carbons (Fsp3) is 0.409. The minimum atomic E-state index is -1.17. The molecule has 3 unspecified atom stereocenters. The van der Waals surface area contributed by atoms with Crippen LogP contribution < -0.4 is 5.32 Å². The van der Waals surface area contributed by atoms with Gasteiger partial charge in [0.1, 0.15) is 12.5 Å². The summed E-state index contributed by atoms with van der Waals surface area (Å²) >= 11 is 7.00. The highest BCUT2D eigenvalue weighted by Crippen LogP contribution is 2.41. The van der Waals surface area contributed by atoms with Crippen LogP contribution in [0.3, 0.4) is 0 Å². The summed E-state index contributed by atoms with van der Waals surface area (Å²) in [6.45, 7) is 8.27. The van der Waals surface area contributed by atoms with Crippen LogP contribution in [0.15, 0.2) is 58.3 Å². The van der Waals surface area contributed by atoms with E-state index in [0.717, 1.165) is 27.2 Å². The third kappa shape index (κ3) is 6.55. The number of benzene rings is 1. The molecule has 1 aromatic carbocycles. The normalized spacial score (nSPS) is 22.3. The van der Waals surface area contributed by atoms with Gasteiger partial charge in [0.15, 0.2) is 0 Å². The first-order chi connectivity index (χ1) is 14.2. The standard InChI is InChI=1S/C22H28Br2FN3OSi/c1-30(2,3)13-12-29-15-28-20(14-19(23)24)27-21(16-8-10-26-11-9-16)22(28)17-4-6-18(25)7-5-17/h4-11,14,20-22,27H,12-13,15H2,1-3H3. The van der Waals surface area contributed by atoms with E-state index in [2.05, 4.69) is 72.8 Å². The Bertz CT molecular complexity index is 842. The highest BCUT2D eigenvalue weighted by Gasteiger charge is 2.41. The predicted molar refractivity (Wildman–Crippen MR) is 130 cm³/mol. The van der Waals surface area contributed by atoms with Crippen LogP contribution in [0.1, 0.15) is 23.2 Å². The highest BCUT2D eigenvalue weighted by molar-refractivity contribution is 9.28. The maximum absolute atomic E-state index is 13.6. The number of halogens is 3. The smallest absolute Gasteiger partial charge is 0.123 e. The summed E-state index contributed by atoms with van der Waals surface area (Å²) in [5, 5.41) is 3.71. The van der Waals surface area contributed by atoms with Crippen molar-refractivity contribution in [1.82, 2.24) is 15.2 Å². The molecule has 1 aromatic heterocycles. The monoisotopic (exact) mass is 555 g/mol. The largest absolute Gasteiger partial charge is 0.366 e. The van der Waals surface area contributed by atoms with E-state index < -0.39 is 8.07 Å². The average molecular weight is 557 g/mol. The molecule has 0 saturated carbocycles. The zero-order chi connectivity index (χ0) is 21.7. The second-order valence-electron chi connectivity index (χ2n) is 8.68. The molecular weight excluding hydrogens is 529 g/mol. The molecule has 3 rings (SSSR count). The molecule has 30 heavy (non-hydrogen) atoms. The van der Waals surface area contributed by atoms with Crippen molar-refractivity contribution in [3.8, 4) is 0 Å². The Labute approximate surface area is 196 Å². The predicted octanol–water partition coefficient (Wildman–Crippen LogP) is 6.18. The molecule has 0 spiro atoms. The molecule has 0 bridgehead atoms. The molecule has 0 aliphatic carbocycles. The molecule has 1 N–H and O–H groups in total. The number of ether oxygens (including phenoxy) is 1. The number of rotatable bonds is 8. The summed E-state index contributed by atoms with van der Waals surface area (Å²) in [5.74, 6) is -0.234. The van der Waals surface area contributed by atoms with Crippen molar-refractivity contribution in [2.24, 2.45) is 0 Å². The molecule has 3 atom stereocenters. The summed E-state index contributed by atoms with van der Waals surface area (Å²) in [7, 11) is -1.17. The Morgan fingerprint density at radius 1 is 1.13 bits per heavy atom. The first-order valence-corrected chi connectivity index (χ1v) is 15.3. The molecule has 1 fully saturated rings. The Balaban J connectivity index is 1.91. The average Bonchev–Trinajstić information content (AvgIpc) is 3.03. The third-order valence-electron chi connectivity index (χ3n) is 5.18. The summed E-state index contributed by atoms with van der Waals surface area (Å²) in [6.07, 6.45) is 5.62. The van der Waals surface area contributed by atoms with Gasteiger partial charge in [-0.15, -0.1) is 0 Å². The Hall–Kier alpha value is -0.903. The van der Waals surface area contributed by atoms with Crippen molar-refractivity contribution in [2.45, 2.75) is 43.9 Å². The lowest BCUT2D eigenvalue weighted by molar-refractivity contribution is 0.0117. The van der Waals surface area contributed by atoms with Gasteiger partial charge in [-0.1, -0.05) is 31.8 Å². The molecule has 2 aromatic rings. The van der Waals surface area contributed by atoms with Gasteiger partial charge in [-0.3, -0.25) is 15.2 Å². The second-order valence-corrected chi connectivity index (χ2v) is 17.1. The SMILES string of the molecule is C[Si](C)(C)CCOCN1C(C=C(Br)Br)NC(c2ccncc2)C1c1ccc(F)cc1. The number of aromatic nitrogens is 1. The zero-order valence-electron chi connectivity index (χ0n) is 17.5. The number of hydrogen-bond acceptors (Lipinski definition) is 4. The van der Waals surface area contributed by atoms with Crippen LogP contribution in [0.2, 0.25) is 25.7 Å². The number of hydrogen-bond donors (Lipinski definition) is 1. The van der Waals surface area contributed by atoms with Crippen LogP contribution in [0.4, 0.5) is 4.39 Å². The first kappa shape index (κ1) is 23.8. The van der Waals surface area contributed by atoms with Gasteiger partial charge < -0.3 is 4.74 Å². The van der Waals surface area contributed by atoms with Crippen molar-refractivity contribution in [1.29, 1.82) is 0 Å². The van der Waals surface area contributed by atoms with Gasteiger partial charge in [-0.05, 0) is 79.4 Å². The van der Waals surface area contributed by atoms with E-state index in [-0.39, 0.29) is 24.1 Å². The Kier molecular flexibility index (Phi) is 8.40. The molecule has 4 nitrogen and oxygen atoms in total. The lowest BCUT2D eigenvalue weighted by Crippen LogP contribution is -2.37. The lowest BCUT2D eigenvalue weighted by Gasteiger charge is -2.30. The van der Waals surface area contributed by atoms with Crippen molar-refractivity contribution in [2.75, 3.05) is 13.3 Å². The van der Waals surface area contributed by atoms with Gasteiger partial charge in [0.25, 0.3) is 0 Å². The van der Waals surface area contributed by atoms with E-state index in [0.29, 0.717) is 6.73 Å². The van der Waals surface area contributed by atoms with Crippen molar-refractivity contribution in [3.05, 3.63) is 75.2 Å². The van der Waals surface area contributed by atoms with Gasteiger partial charge in [0, 0.05) is 27.1 Å². The van der Waals surface area contributed by atoms with Crippen molar-refractivity contribution in [3.63, 3.8) is 0 Å². The lowest BCUT2D eigenvalue weighted by atomic mass is 9.95. The second kappa shape index (κ2) is 10.6. The molecule has 0 radical (unpaired) electrons. The molecule has 1 aliphatic heterocycles. The van der Waals surface area contributed by atoms with E-state index in [1.54, 1.807) is 12.4 Å². The Morgan fingerprint density at radius 2 is 1.80 bits per heavy atom. The fourth-order valence-corrected chi connectivity index (χ4v) is 4.86. The number of nitrogens with zero attached hydrogens (tertiary/aromatic N) is 2. The summed E-state index contributed by atoms with van der Waals surface area (Å²) in [6, 6.07) is 11.9. The molecule has 162 valence electrons. The number of pyridine rings is 1. The summed E-state index contributed by atoms with van der Waals surface area (Å²) in [5.41, 5.74) is 2.18. The van der Waals surface area contributed by atoms with Gasteiger partial charge in [-0.25, -0.2) is 4.39 Å². The van der Waals surface area contributed by atoms with E-state index in [4.69, 9.17) is 4.74 Å². The van der Waals surface area contributed by atoms with Gasteiger partial charge in [-0.2, -0.15) is 0 Å². The molecule has 1 saturated heterocycles. The maximum Gasteiger partial charge on any atom is 0.123 e. The van der Waals surface area contributed by atoms with Crippen molar-refractivity contribution >= 4 is 39.9 Å². The zero-order valence-corrected chi connectivity index (χ0v) is 21.7. The minimum Gasteiger partial charge on any atom is -0.366 e.